The number of benzene rings is 4. The summed E-state index contributed by atoms with van der Waals surface area (Å²) in [6, 6.07) is 32.7. The minimum Gasteiger partial charge on any atom is -0.311 e. The van der Waals surface area contributed by atoms with Crippen molar-refractivity contribution >= 4 is 16.9 Å². The normalized spacial score (nSPS) is 21.6. The third-order valence-corrected chi connectivity index (χ3v) is 12.8. The van der Waals surface area contributed by atoms with Gasteiger partial charge in [-0.1, -0.05) is 132 Å². The molecule has 5 aliphatic carbocycles. The van der Waals surface area contributed by atoms with Gasteiger partial charge in [-0.3, -0.25) is 0 Å². The highest BCUT2D eigenvalue weighted by Crippen LogP contribution is 2.56. The largest absolute Gasteiger partial charge is 0.311 e. The van der Waals surface area contributed by atoms with Gasteiger partial charge in [-0.05, 0) is 112 Å². The van der Waals surface area contributed by atoms with Crippen molar-refractivity contribution in [2.24, 2.45) is 0 Å². The van der Waals surface area contributed by atoms with E-state index in [1.807, 2.05) is 0 Å². The predicted octanol–water partition coefficient (Wildman–Crippen LogP) is 12.6. The molecule has 0 fully saturated rings. The van der Waals surface area contributed by atoms with Gasteiger partial charge in [-0.2, -0.15) is 0 Å². The summed E-state index contributed by atoms with van der Waals surface area (Å²) in [7, 11) is 0. The maximum Gasteiger partial charge on any atom is 0.0464 e. The minimum absolute atomic E-state index is 0.000229. The van der Waals surface area contributed by atoms with Crippen molar-refractivity contribution in [3.63, 3.8) is 0 Å². The molecule has 0 aromatic heterocycles. The quantitative estimate of drug-likeness (QED) is 0.218. The van der Waals surface area contributed by atoms with Crippen molar-refractivity contribution < 1.29 is 0 Å². The zero-order valence-electron chi connectivity index (χ0n) is 29.7. The first-order valence-corrected chi connectivity index (χ1v) is 18.2. The first-order valence-electron chi connectivity index (χ1n) is 18.2. The molecule has 0 bridgehead atoms. The molecule has 48 heavy (non-hydrogen) atoms. The van der Waals surface area contributed by atoms with Crippen molar-refractivity contribution in [1.29, 1.82) is 0 Å². The van der Waals surface area contributed by atoms with Crippen molar-refractivity contribution in [2.75, 3.05) is 4.90 Å². The lowest BCUT2D eigenvalue weighted by Gasteiger charge is -2.34. The van der Waals surface area contributed by atoms with Gasteiger partial charge in [0.2, 0.25) is 0 Å². The number of nitrogens with zero attached hydrogens (tertiary/aromatic N) is 1. The van der Waals surface area contributed by atoms with Crippen LogP contribution in [0, 0.1) is 0 Å². The minimum atomic E-state index is -0.0561. The summed E-state index contributed by atoms with van der Waals surface area (Å²) in [4.78, 5) is 2.57. The van der Waals surface area contributed by atoms with Crippen molar-refractivity contribution in [2.45, 2.75) is 96.3 Å². The molecule has 0 aliphatic heterocycles. The topological polar surface area (TPSA) is 3.24 Å². The molecular weight excluding hydrogens is 579 g/mol. The van der Waals surface area contributed by atoms with Gasteiger partial charge >= 0.3 is 0 Å². The molecule has 0 radical (unpaired) electrons. The van der Waals surface area contributed by atoms with Crippen LogP contribution < -0.4 is 4.90 Å². The molecule has 0 spiro atoms. The lowest BCUT2D eigenvalue weighted by Crippen LogP contribution is -2.24. The molecule has 5 aliphatic rings. The SMILES string of the molecule is CCC1=CC2=C(CC1)c1ccc(N(C3=CCC4C(=C3)C(C)(C)c3ccccc34)c3ccc4c(c3)C(C)(C)c3ccccc3-4)cc1C2(C)C. The summed E-state index contributed by atoms with van der Waals surface area (Å²) in [5, 5.41) is 0. The van der Waals surface area contributed by atoms with Gasteiger partial charge in [-0.25, -0.2) is 0 Å². The van der Waals surface area contributed by atoms with Gasteiger partial charge in [0, 0.05) is 39.2 Å². The molecule has 1 heteroatoms. The van der Waals surface area contributed by atoms with Gasteiger partial charge in [0.05, 0.1) is 0 Å². The van der Waals surface area contributed by atoms with Gasteiger partial charge in [0.25, 0.3) is 0 Å². The Morgan fingerprint density at radius 1 is 0.625 bits per heavy atom. The van der Waals surface area contributed by atoms with E-state index in [-0.39, 0.29) is 16.2 Å². The van der Waals surface area contributed by atoms with Crippen LogP contribution in [0.3, 0.4) is 0 Å². The molecule has 1 atom stereocenters. The molecule has 1 unspecified atom stereocenters. The van der Waals surface area contributed by atoms with Gasteiger partial charge in [0.1, 0.15) is 0 Å². The zero-order chi connectivity index (χ0) is 33.2. The highest BCUT2D eigenvalue weighted by molar-refractivity contribution is 5.87. The Morgan fingerprint density at radius 3 is 2.02 bits per heavy atom. The maximum atomic E-state index is 2.57. The summed E-state index contributed by atoms with van der Waals surface area (Å²) >= 11 is 0. The standard InChI is InChI=1S/C47H47N/c1-8-29-17-21-35-38-24-20-32(28-44(38)47(6,7)41(35)25-29)48(30-18-22-36-33-13-9-11-15-39(33)45(2,3)42(36)26-30)31-19-23-37-34-14-10-12-16-40(34)46(4,5)43(37)27-31/h9-16,18-20,22,24-28,37H,8,17,21,23H2,1-7H3. The van der Waals surface area contributed by atoms with Crippen LogP contribution >= 0.6 is 0 Å². The number of allylic oxidation sites excluding steroid dienone is 7. The van der Waals surface area contributed by atoms with Crippen LogP contribution in [0.5, 0.6) is 0 Å². The van der Waals surface area contributed by atoms with Crippen LogP contribution in [0.25, 0.3) is 16.7 Å². The third kappa shape index (κ3) is 3.97. The fourth-order valence-corrected chi connectivity index (χ4v) is 10.1. The Labute approximate surface area is 287 Å². The number of fused-ring (bicyclic) bond motifs is 8. The van der Waals surface area contributed by atoms with Crippen molar-refractivity contribution in [3.8, 4) is 11.1 Å². The van der Waals surface area contributed by atoms with E-state index in [0.29, 0.717) is 5.92 Å². The summed E-state index contributed by atoms with van der Waals surface area (Å²) in [5.41, 5.74) is 21.4. The fraction of sp³-hybridized carbons (Fsp3) is 0.319. The second-order valence-electron chi connectivity index (χ2n) is 16.4. The van der Waals surface area contributed by atoms with E-state index in [4.69, 9.17) is 0 Å². The van der Waals surface area contributed by atoms with Crippen LogP contribution in [-0.4, -0.2) is 0 Å². The highest BCUT2D eigenvalue weighted by Gasteiger charge is 2.43. The molecule has 0 saturated carbocycles. The highest BCUT2D eigenvalue weighted by atomic mass is 15.1. The molecule has 0 saturated heterocycles. The van der Waals surface area contributed by atoms with Crippen molar-refractivity contribution in [1.82, 2.24) is 0 Å². The summed E-state index contributed by atoms with van der Waals surface area (Å²) in [5.74, 6) is 0.449. The summed E-state index contributed by atoms with van der Waals surface area (Å²) < 4.78 is 0. The van der Waals surface area contributed by atoms with E-state index in [0.717, 1.165) is 19.3 Å². The van der Waals surface area contributed by atoms with Crippen molar-refractivity contribution in [3.05, 3.63) is 159 Å². The van der Waals surface area contributed by atoms with E-state index in [1.165, 1.54) is 79.1 Å². The molecular formula is C47H47N. The first-order chi connectivity index (χ1) is 23.0. The van der Waals surface area contributed by atoms with Gasteiger partial charge in [0.15, 0.2) is 0 Å². The van der Waals surface area contributed by atoms with Gasteiger partial charge < -0.3 is 4.90 Å². The second-order valence-corrected chi connectivity index (χ2v) is 16.4. The Hall–Kier alpha value is -4.36. The van der Waals surface area contributed by atoms with Crippen LogP contribution in [0.15, 0.2) is 126 Å². The fourth-order valence-electron chi connectivity index (χ4n) is 10.1. The molecule has 4 aromatic rings. The van der Waals surface area contributed by atoms with Gasteiger partial charge in [-0.15, -0.1) is 0 Å². The van der Waals surface area contributed by atoms with Crippen LogP contribution in [0.4, 0.5) is 11.4 Å². The molecule has 0 N–H and O–H groups in total. The monoisotopic (exact) mass is 625 g/mol. The maximum absolute atomic E-state index is 2.57. The Kier molecular flexibility index (Phi) is 6.25. The van der Waals surface area contributed by atoms with E-state index < -0.39 is 0 Å². The lowest BCUT2D eigenvalue weighted by atomic mass is 9.78. The average Bonchev–Trinajstić information content (AvgIpc) is 3.57. The molecule has 0 heterocycles. The zero-order valence-corrected chi connectivity index (χ0v) is 29.7. The Balaban J connectivity index is 1.21. The summed E-state index contributed by atoms with van der Waals surface area (Å²) in [6.07, 6.45) is 12.1. The van der Waals surface area contributed by atoms with E-state index in [9.17, 15) is 0 Å². The molecule has 9 rings (SSSR count). The molecule has 1 nitrogen and oxygen atoms in total. The number of anilines is 2. The summed E-state index contributed by atoms with van der Waals surface area (Å²) in [6.45, 7) is 16.8. The van der Waals surface area contributed by atoms with E-state index in [2.05, 4.69) is 157 Å². The van der Waals surface area contributed by atoms with Crippen LogP contribution in [0.2, 0.25) is 0 Å². The predicted molar refractivity (Wildman–Crippen MR) is 203 cm³/mol. The Morgan fingerprint density at radius 2 is 1.27 bits per heavy atom. The molecule has 240 valence electrons. The lowest BCUT2D eigenvalue weighted by molar-refractivity contribution is 0.609. The van der Waals surface area contributed by atoms with Crippen LogP contribution in [0.1, 0.15) is 113 Å². The smallest absolute Gasteiger partial charge is 0.0464 e. The molecule has 4 aromatic carbocycles. The third-order valence-electron chi connectivity index (χ3n) is 12.8. The van der Waals surface area contributed by atoms with Crippen LogP contribution in [-0.2, 0) is 16.2 Å². The van der Waals surface area contributed by atoms with E-state index in [1.54, 1.807) is 11.1 Å². The number of rotatable bonds is 4. The molecule has 0 amide bonds. The Bertz CT molecular complexity index is 2170. The second kappa shape index (κ2) is 10.1. The van der Waals surface area contributed by atoms with E-state index >= 15 is 0 Å². The first kappa shape index (κ1) is 29.8. The average molecular weight is 626 g/mol. The number of hydrogen-bond acceptors (Lipinski definition) is 1. The number of hydrogen-bond donors (Lipinski definition) is 0.